The molecule has 0 saturated heterocycles. The molecule has 0 aliphatic rings. The Hall–Kier alpha value is -2.11. The Bertz CT molecular complexity index is 570. The van der Waals surface area contributed by atoms with Crippen LogP contribution in [0.3, 0.4) is 0 Å². The van der Waals surface area contributed by atoms with Crippen molar-refractivity contribution in [1.29, 1.82) is 0 Å². The van der Waals surface area contributed by atoms with Crippen LogP contribution in [-0.4, -0.2) is 11.3 Å². The SMILES string of the molecule is Cc1oc(-c2ccc(C(F)(F)F)cn2)cc1C=O. The molecule has 0 amide bonds. The molecule has 0 aliphatic carbocycles. The standard InChI is InChI=1S/C12H8F3NO2/c1-7-8(6-17)4-11(18-7)10-3-2-9(5-16-10)12(13,14)15/h2-6H,1H3. The van der Waals surface area contributed by atoms with E-state index in [-0.39, 0.29) is 11.5 Å². The minimum atomic E-state index is -4.42. The summed E-state index contributed by atoms with van der Waals surface area (Å²) in [6, 6.07) is 3.56. The number of pyridine rings is 1. The van der Waals surface area contributed by atoms with E-state index in [0.29, 0.717) is 17.6 Å². The van der Waals surface area contributed by atoms with Gasteiger partial charge in [0, 0.05) is 6.20 Å². The summed E-state index contributed by atoms with van der Waals surface area (Å²) in [4.78, 5) is 14.3. The van der Waals surface area contributed by atoms with Gasteiger partial charge in [0.25, 0.3) is 0 Å². The minimum Gasteiger partial charge on any atom is -0.459 e. The van der Waals surface area contributed by atoms with Crippen molar-refractivity contribution < 1.29 is 22.4 Å². The average molecular weight is 255 g/mol. The lowest BCUT2D eigenvalue weighted by Crippen LogP contribution is -2.05. The predicted octanol–water partition coefficient (Wildman–Crippen LogP) is 3.48. The summed E-state index contributed by atoms with van der Waals surface area (Å²) in [6.07, 6.45) is -3.07. The number of aryl methyl sites for hydroxylation is 1. The summed E-state index contributed by atoms with van der Waals surface area (Å²) in [5.74, 6) is 0.671. The Balaban J connectivity index is 2.37. The third-order valence-electron chi connectivity index (χ3n) is 2.43. The van der Waals surface area contributed by atoms with Gasteiger partial charge in [-0.25, -0.2) is 0 Å². The van der Waals surface area contributed by atoms with Gasteiger partial charge in [0.2, 0.25) is 0 Å². The Labute approximate surface area is 100 Å². The number of furan rings is 1. The van der Waals surface area contributed by atoms with Crippen LogP contribution in [0.1, 0.15) is 21.7 Å². The maximum absolute atomic E-state index is 12.3. The van der Waals surface area contributed by atoms with Crippen LogP contribution >= 0.6 is 0 Å². The Morgan fingerprint density at radius 3 is 2.50 bits per heavy atom. The molecule has 2 heterocycles. The normalized spacial score (nSPS) is 11.6. The first-order chi connectivity index (χ1) is 8.41. The molecule has 0 atom stereocenters. The van der Waals surface area contributed by atoms with Gasteiger partial charge in [0.05, 0.1) is 11.1 Å². The number of hydrogen-bond acceptors (Lipinski definition) is 3. The fourth-order valence-electron chi connectivity index (χ4n) is 1.45. The highest BCUT2D eigenvalue weighted by Crippen LogP contribution is 2.30. The second kappa shape index (κ2) is 4.29. The number of carbonyl (C=O) groups excluding carboxylic acids is 1. The summed E-state index contributed by atoms with van der Waals surface area (Å²) in [5, 5.41) is 0. The number of rotatable bonds is 2. The highest BCUT2D eigenvalue weighted by Gasteiger charge is 2.30. The number of aromatic nitrogens is 1. The van der Waals surface area contributed by atoms with Crippen molar-refractivity contribution in [2.75, 3.05) is 0 Å². The molecule has 2 rings (SSSR count). The zero-order chi connectivity index (χ0) is 13.3. The average Bonchev–Trinajstić information content (AvgIpc) is 2.69. The maximum atomic E-state index is 12.3. The van der Waals surface area contributed by atoms with E-state index in [1.807, 2.05) is 0 Å². The molecule has 2 aromatic heterocycles. The van der Waals surface area contributed by atoms with Crippen LogP contribution in [0.4, 0.5) is 13.2 Å². The van der Waals surface area contributed by atoms with Crippen molar-refractivity contribution in [2.45, 2.75) is 13.1 Å². The van der Waals surface area contributed by atoms with E-state index >= 15 is 0 Å². The van der Waals surface area contributed by atoms with E-state index in [9.17, 15) is 18.0 Å². The zero-order valence-corrected chi connectivity index (χ0v) is 9.28. The molecular formula is C12H8F3NO2. The molecule has 0 spiro atoms. The molecule has 0 bridgehead atoms. The fraction of sp³-hybridized carbons (Fsp3) is 0.167. The summed E-state index contributed by atoms with van der Waals surface area (Å²) in [5.41, 5.74) is -0.226. The topological polar surface area (TPSA) is 43.1 Å². The molecule has 0 aromatic carbocycles. The van der Waals surface area contributed by atoms with Gasteiger partial charge < -0.3 is 4.42 Å². The third-order valence-corrected chi connectivity index (χ3v) is 2.43. The molecule has 0 radical (unpaired) electrons. The number of alkyl halides is 3. The first-order valence-electron chi connectivity index (χ1n) is 5.01. The molecule has 0 saturated carbocycles. The lowest BCUT2D eigenvalue weighted by atomic mass is 10.2. The second-order valence-electron chi connectivity index (χ2n) is 3.67. The predicted molar refractivity (Wildman–Crippen MR) is 57.1 cm³/mol. The molecule has 2 aromatic rings. The van der Waals surface area contributed by atoms with Crippen molar-refractivity contribution >= 4 is 6.29 Å². The van der Waals surface area contributed by atoms with Crippen molar-refractivity contribution in [2.24, 2.45) is 0 Å². The van der Waals surface area contributed by atoms with Crippen LogP contribution < -0.4 is 0 Å². The largest absolute Gasteiger partial charge is 0.459 e. The van der Waals surface area contributed by atoms with Crippen LogP contribution in [-0.2, 0) is 6.18 Å². The molecule has 6 heteroatoms. The lowest BCUT2D eigenvalue weighted by molar-refractivity contribution is -0.137. The van der Waals surface area contributed by atoms with Crippen LogP contribution in [0.25, 0.3) is 11.5 Å². The molecule has 0 N–H and O–H groups in total. The second-order valence-corrected chi connectivity index (χ2v) is 3.67. The molecule has 94 valence electrons. The van der Waals surface area contributed by atoms with Crippen molar-refractivity contribution in [3.8, 4) is 11.5 Å². The quantitative estimate of drug-likeness (QED) is 0.771. The van der Waals surface area contributed by atoms with E-state index in [1.54, 1.807) is 6.92 Å². The Kier molecular flexibility index (Phi) is 2.94. The molecule has 0 fully saturated rings. The molecule has 3 nitrogen and oxygen atoms in total. The lowest BCUT2D eigenvalue weighted by Gasteiger charge is -2.05. The molecule has 18 heavy (non-hydrogen) atoms. The number of hydrogen-bond donors (Lipinski definition) is 0. The van der Waals surface area contributed by atoms with Gasteiger partial charge >= 0.3 is 6.18 Å². The summed E-state index contributed by atoms with van der Waals surface area (Å²) in [6.45, 7) is 1.59. The Morgan fingerprint density at radius 2 is 2.06 bits per heavy atom. The van der Waals surface area contributed by atoms with E-state index in [1.165, 1.54) is 12.1 Å². The first kappa shape index (κ1) is 12.3. The summed E-state index contributed by atoms with van der Waals surface area (Å²) < 4.78 is 42.2. The highest BCUT2D eigenvalue weighted by molar-refractivity contribution is 5.78. The van der Waals surface area contributed by atoms with Crippen LogP contribution in [0.5, 0.6) is 0 Å². The van der Waals surface area contributed by atoms with Crippen LogP contribution in [0.15, 0.2) is 28.8 Å². The number of halogens is 3. The zero-order valence-electron chi connectivity index (χ0n) is 9.28. The smallest absolute Gasteiger partial charge is 0.417 e. The molecule has 0 aliphatic heterocycles. The summed E-state index contributed by atoms with van der Waals surface area (Å²) in [7, 11) is 0. The van der Waals surface area contributed by atoms with E-state index in [4.69, 9.17) is 4.42 Å². The summed E-state index contributed by atoms with van der Waals surface area (Å²) >= 11 is 0. The van der Waals surface area contributed by atoms with Gasteiger partial charge in [-0.3, -0.25) is 9.78 Å². The number of nitrogens with zero attached hydrogens (tertiary/aromatic N) is 1. The third kappa shape index (κ3) is 2.27. The van der Waals surface area contributed by atoms with E-state index < -0.39 is 11.7 Å². The monoisotopic (exact) mass is 255 g/mol. The number of aldehydes is 1. The van der Waals surface area contributed by atoms with Gasteiger partial charge in [0.1, 0.15) is 11.5 Å². The van der Waals surface area contributed by atoms with E-state index in [0.717, 1.165) is 12.3 Å². The molecule has 0 unspecified atom stereocenters. The van der Waals surface area contributed by atoms with Crippen molar-refractivity contribution in [3.63, 3.8) is 0 Å². The minimum absolute atomic E-state index is 0.249. The Morgan fingerprint density at radius 1 is 1.33 bits per heavy atom. The molecular weight excluding hydrogens is 247 g/mol. The van der Waals surface area contributed by atoms with Gasteiger partial charge in [-0.1, -0.05) is 0 Å². The van der Waals surface area contributed by atoms with Crippen molar-refractivity contribution in [3.05, 3.63) is 41.3 Å². The van der Waals surface area contributed by atoms with Gasteiger partial charge in [0.15, 0.2) is 12.0 Å². The highest BCUT2D eigenvalue weighted by atomic mass is 19.4. The fourth-order valence-corrected chi connectivity index (χ4v) is 1.45. The maximum Gasteiger partial charge on any atom is 0.417 e. The number of carbonyl (C=O) groups is 1. The van der Waals surface area contributed by atoms with Crippen molar-refractivity contribution in [1.82, 2.24) is 4.98 Å². The first-order valence-corrected chi connectivity index (χ1v) is 5.01. The van der Waals surface area contributed by atoms with Crippen LogP contribution in [0, 0.1) is 6.92 Å². The van der Waals surface area contributed by atoms with Gasteiger partial charge in [-0.2, -0.15) is 13.2 Å². The van der Waals surface area contributed by atoms with E-state index in [2.05, 4.69) is 4.98 Å². The van der Waals surface area contributed by atoms with Gasteiger partial charge in [-0.05, 0) is 25.1 Å². The van der Waals surface area contributed by atoms with Gasteiger partial charge in [-0.15, -0.1) is 0 Å². The van der Waals surface area contributed by atoms with Crippen LogP contribution in [0.2, 0.25) is 0 Å².